The number of alkyl halides is 3. The first kappa shape index (κ1) is 19.5. The maximum Gasteiger partial charge on any atom is 0.419 e. The van der Waals surface area contributed by atoms with Gasteiger partial charge in [-0.05, 0) is 12.5 Å². The van der Waals surface area contributed by atoms with Gasteiger partial charge in [-0.1, -0.05) is 32.9 Å². The molecule has 146 valence electrons. The number of hydrogen-bond acceptors (Lipinski definition) is 3. The number of benzene rings is 1. The number of fused-ring (bicyclic) bond motifs is 1. The average Bonchev–Trinajstić information content (AvgIpc) is 2.54. The van der Waals surface area contributed by atoms with Crippen LogP contribution < -0.4 is 5.56 Å². The van der Waals surface area contributed by atoms with Gasteiger partial charge in [0.2, 0.25) is 0 Å². The number of nitrogens with zero attached hydrogens (tertiary/aromatic N) is 2. The second-order valence-electron chi connectivity index (χ2n) is 7.83. The molecule has 27 heavy (non-hydrogen) atoms. The summed E-state index contributed by atoms with van der Waals surface area (Å²) < 4.78 is 53.0. The highest BCUT2D eigenvalue weighted by molar-refractivity contribution is 5.29. The molecule has 1 N–H and O–H groups in total. The van der Waals surface area contributed by atoms with E-state index in [1.165, 1.54) is 12.1 Å². The van der Waals surface area contributed by atoms with Crippen LogP contribution in [0.3, 0.4) is 0 Å². The molecule has 1 aliphatic rings. The van der Waals surface area contributed by atoms with E-state index in [0.29, 0.717) is 30.0 Å². The maximum atomic E-state index is 14.3. The van der Waals surface area contributed by atoms with Crippen LogP contribution in [0.2, 0.25) is 0 Å². The lowest BCUT2D eigenvalue weighted by Gasteiger charge is -2.29. The Labute approximate surface area is 154 Å². The summed E-state index contributed by atoms with van der Waals surface area (Å²) in [6.45, 7) is 6.54. The Hall–Kier alpha value is -2.22. The SMILES string of the molecule is CC(C)(C)c1nc2c(c(=O)[nH]1)CCN(Cc1cccc(C(F)(F)F)c1F)C2. The molecule has 3 rings (SSSR count). The lowest BCUT2D eigenvalue weighted by molar-refractivity contribution is -0.140. The molecule has 0 bridgehead atoms. The van der Waals surface area contributed by atoms with Crippen molar-refractivity contribution >= 4 is 0 Å². The maximum absolute atomic E-state index is 14.3. The Kier molecular flexibility index (Phi) is 4.88. The monoisotopic (exact) mass is 383 g/mol. The zero-order valence-electron chi connectivity index (χ0n) is 15.4. The molecule has 0 spiro atoms. The Morgan fingerprint density at radius 1 is 1.22 bits per heavy atom. The van der Waals surface area contributed by atoms with Crippen LogP contribution in [-0.2, 0) is 31.1 Å². The van der Waals surface area contributed by atoms with Crippen LogP contribution >= 0.6 is 0 Å². The number of aromatic nitrogens is 2. The van der Waals surface area contributed by atoms with E-state index in [-0.39, 0.29) is 29.6 Å². The molecular weight excluding hydrogens is 362 g/mol. The molecular formula is C19H21F4N3O. The largest absolute Gasteiger partial charge is 0.419 e. The average molecular weight is 383 g/mol. The Morgan fingerprint density at radius 2 is 1.93 bits per heavy atom. The van der Waals surface area contributed by atoms with Crippen molar-refractivity contribution in [2.24, 2.45) is 0 Å². The van der Waals surface area contributed by atoms with E-state index in [1.807, 2.05) is 20.8 Å². The fourth-order valence-corrected chi connectivity index (χ4v) is 3.15. The molecule has 0 aliphatic carbocycles. The van der Waals surface area contributed by atoms with Gasteiger partial charge in [0.05, 0.1) is 11.3 Å². The van der Waals surface area contributed by atoms with Crippen LogP contribution in [0.5, 0.6) is 0 Å². The van der Waals surface area contributed by atoms with Crippen LogP contribution in [0.4, 0.5) is 17.6 Å². The van der Waals surface area contributed by atoms with E-state index in [4.69, 9.17) is 0 Å². The van der Waals surface area contributed by atoms with Gasteiger partial charge in [0.25, 0.3) is 5.56 Å². The Bertz CT molecular complexity index is 913. The first-order chi connectivity index (χ1) is 12.5. The van der Waals surface area contributed by atoms with Gasteiger partial charge in [-0.2, -0.15) is 13.2 Å². The first-order valence-corrected chi connectivity index (χ1v) is 8.66. The fraction of sp³-hybridized carbons (Fsp3) is 0.474. The molecule has 0 radical (unpaired) electrons. The van der Waals surface area contributed by atoms with Crippen molar-refractivity contribution in [3.05, 3.63) is 62.6 Å². The number of aromatic amines is 1. The van der Waals surface area contributed by atoms with E-state index in [2.05, 4.69) is 9.97 Å². The standard InChI is InChI=1S/C19H21F4N3O/c1-18(2,3)17-24-14-10-26(8-7-12(14)16(27)25-17)9-11-5-4-6-13(15(11)20)19(21,22)23/h4-6H,7-10H2,1-3H3,(H,24,25,27). The van der Waals surface area contributed by atoms with Gasteiger partial charge in [-0.3, -0.25) is 9.69 Å². The van der Waals surface area contributed by atoms with Gasteiger partial charge >= 0.3 is 6.18 Å². The summed E-state index contributed by atoms with van der Waals surface area (Å²) in [5.41, 5.74) is -0.624. The molecule has 1 aromatic heterocycles. The van der Waals surface area contributed by atoms with Gasteiger partial charge in [-0.25, -0.2) is 9.37 Å². The van der Waals surface area contributed by atoms with E-state index >= 15 is 0 Å². The van der Waals surface area contributed by atoms with Crippen LogP contribution in [0.1, 0.15) is 49.0 Å². The smallest absolute Gasteiger partial charge is 0.310 e. The van der Waals surface area contributed by atoms with Crippen molar-refractivity contribution in [1.29, 1.82) is 0 Å². The van der Waals surface area contributed by atoms with E-state index < -0.39 is 17.6 Å². The number of H-pyrrole nitrogens is 1. The predicted octanol–water partition coefficient (Wildman–Crippen LogP) is 3.78. The number of hydrogen-bond donors (Lipinski definition) is 1. The lowest BCUT2D eigenvalue weighted by Crippen LogP contribution is -2.37. The van der Waals surface area contributed by atoms with Crippen LogP contribution in [0, 0.1) is 5.82 Å². The zero-order valence-corrected chi connectivity index (χ0v) is 15.4. The third-order valence-electron chi connectivity index (χ3n) is 4.64. The summed E-state index contributed by atoms with van der Waals surface area (Å²) >= 11 is 0. The first-order valence-electron chi connectivity index (χ1n) is 8.66. The van der Waals surface area contributed by atoms with Gasteiger partial charge in [0, 0.05) is 36.2 Å². The zero-order chi connectivity index (χ0) is 20.0. The summed E-state index contributed by atoms with van der Waals surface area (Å²) in [5.74, 6) is -0.691. The van der Waals surface area contributed by atoms with Crippen molar-refractivity contribution in [2.45, 2.75) is 51.9 Å². The van der Waals surface area contributed by atoms with Gasteiger partial charge < -0.3 is 4.98 Å². The van der Waals surface area contributed by atoms with Crippen molar-refractivity contribution < 1.29 is 17.6 Å². The van der Waals surface area contributed by atoms with Crippen LogP contribution in [0.15, 0.2) is 23.0 Å². The summed E-state index contributed by atoms with van der Waals surface area (Å²) in [6.07, 6.45) is -4.31. The molecule has 4 nitrogen and oxygen atoms in total. The summed E-state index contributed by atoms with van der Waals surface area (Å²) in [6, 6.07) is 3.30. The third-order valence-corrected chi connectivity index (χ3v) is 4.64. The minimum Gasteiger partial charge on any atom is -0.310 e. The molecule has 0 atom stereocenters. The Balaban J connectivity index is 1.87. The van der Waals surface area contributed by atoms with Crippen LogP contribution in [-0.4, -0.2) is 21.4 Å². The molecule has 0 saturated carbocycles. The molecule has 2 heterocycles. The van der Waals surface area contributed by atoms with Gasteiger partial charge in [-0.15, -0.1) is 0 Å². The van der Waals surface area contributed by atoms with E-state index in [0.717, 1.165) is 6.07 Å². The van der Waals surface area contributed by atoms with Gasteiger partial charge in [0.15, 0.2) is 0 Å². The molecule has 1 aromatic carbocycles. The van der Waals surface area contributed by atoms with Crippen molar-refractivity contribution in [1.82, 2.24) is 14.9 Å². The third kappa shape index (κ3) is 4.05. The Morgan fingerprint density at radius 3 is 2.56 bits per heavy atom. The minimum absolute atomic E-state index is 0.0193. The molecule has 0 amide bonds. The molecule has 2 aromatic rings. The highest BCUT2D eigenvalue weighted by Crippen LogP contribution is 2.33. The number of nitrogens with one attached hydrogen (secondary N) is 1. The highest BCUT2D eigenvalue weighted by atomic mass is 19.4. The predicted molar refractivity (Wildman–Crippen MR) is 92.8 cm³/mol. The van der Waals surface area contributed by atoms with Crippen LogP contribution in [0.25, 0.3) is 0 Å². The number of rotatable bonds is 2. The molecule has 8 heteroatoms. The minimum atomic E-state index is -4.73. The van der Waals surface area contributed by atoms with Crippen molar-refractivity contribution in [3.63, 3.8) is 0 Å². The normalized spacial score (nSPS) is 15.7. The van der Waals surface area contributed by atoms with Gasteiger partial charge in [0.1, 0.15) is 11.6 Å². The number of halogens is 4. The summed E-state index contributed by atoms with van der Waals surface area (Å²) in [4.78, 5) is 21.5. The summed E-state index contributed by atoms with van der Waals surface area (Å²) in [5, 5.41) is 0. The second kappa shape index (κ2) is 6.74. The molecule has 0 fully saturated rings. The topological polar surface area (TPSA) is 49.0 Å². The second-order valence-corrected chi connectivity index (χ2v) is 7.83. The quantitative estimate of drug-likeness (QED) is 0.803. The molecule has 0 saturated heterocycles. The molecule has 0 unspecified atom stereocenters. The van der Waals surface area contributed by atoms with Crippen molar-refractivity contribution in [2.75, 3.05) is 6.54 Å². The fourth-order valence-electron chi connectivity index (χ4n) is 3.15. The van der Waals surface area contributed by atoms with E-state index in [1.54, 1.807) is 4.90 Å². The lowest BCUT2D eigenvalue weighted by atomic mass is 9.95. The van der Waals surface area contributed by atoms with Crippen molar-refractivity contribution in [3.8, 4) is 0 Å². The van der Waals surface area contributed by atoms with E-state index in [9.17, 15) is 22.4 Å². The summed E-state index contributed by atoms with van der Waals surface area (Å²) in [7, 11) is 0. The molecule has 1 aliphatic heterocycles. The highest BCUT2D eigenvalue weighted by Gasteiger charge is 2.35.